The monoisotopic (exact) mass is 323 g/mol. The number of fused-ring (bicyclic) bond motifs is 1. The van der Waals surface area contributed by atoms with Gasteiger partial charge in [-0.2, -0.15) is 4.98 Å². The molecule has 7 nitrogen and oxygen atoms in total. The Labute approximate surface area is 138 Å². The number of carbonyl (C=O) groups excluding carboxylic acids is 1. The summed E-state index contributed by atoms with van der Waals surface area (Å²) in [4.78, 5) is 22.8. The van der Waals surface area contributed by atoms with Crippen LogP contribution in [0.25, 0.3) is 11.1 Å². The van der Waals surface area contributed by atoms with Crippen LogP contribution in [-0.2, 0) is 4.79 Å². The summed E-state index contributed by atoms with van der Waals surface area (Å²) in [6.07, 6.45) is 2.12. The molecule has 0 aliphatic carbocycles. The molecular weight excluding hydrogens is 306 g/mol. The standard InChI is InChI=1S/C17H17N5O2/c1-10-3-5-12(6-4-10)22-8-7-13(17(22)23)20-15-14-11(2)21-24-16(14)19-9-18-15/h3-6,9,13H,7-8H2,1-2H3,(H,18,19,20). The van der Waals surface area contributed by atoms with Gasteiger partial charge in [-0.1, -0.05) is 22.9 Å². The molecule has 0 radical (unpaired) electrons. The van der Waals surface area contributed by atoms with Crippen LogP contribution in [0.5, 0.6) is 0 Å². The average Bonchev–Trinajstić information content (AvgIpc) is 3.13. The van der Waals surface area contributed by atoms with Gasteiger partial charge < -0.3 is 14.7 Å². The molecule has 1 amide bonds. The van der Waals surface area contributed by atoms with Crippen molar-refractivity contribution in [1.82, 2.24) is 15.1 Å². The fourth-order valence-corrected chi connectivity index (χ4v) is 2.99. The minimum atomic E-state index is -0.321. The Balaban J connectivity index is 1.58. The maximum Gasteiger partial charge on any atom is 0.263 e. The number of carbonyl (C=O) groups is 1. The van der Waals surface area contributed by atoms with Crippen LogP contribution >= 0.6 is 0 Å². The number of nitrogens with one attached hydrogen (secondary N) is 1. The van der Waals surface area contributed by atoms with Gasteiger partial charge in [-0.3, -0.25) is 4.79 Å². The van der Waals surface area contributed by atoms with E-state index in [4.69, 9.17) is 4.52 Å². The normalized spacial score (nSPS) is 17.7. The predicted octanol–water partition coefficient (Wildman–Crippen LogP) is 2.45. The van der Waals surface area contributed by atoms with Crippen molar-refractivity contribution in [1.29, 1.82) is 0 Å². The number of hydrogen-bond acceptors (Lipinski definition) is 6. The molecule has 0 saturated carbocycles. The second-order valence-electron chi connectivity index (χ2n) is 5.98. The third-order valence-corrected chi connectivity index (χ3v) is 4.31. The van der Waals surface area contributed by atoms with Gasteiger partial charge in [-0.15, -0.1) is 0 Å². The van der Waals surface area contributed by atoms with E-state index in [1.54, 1.807) is 4.90 Å². The van der Waals surface area contributed by atoms with Gasteiger partial charge in [0.2, 0.25) is 5.91 Å². The molecule has 24 heavy (non-hydrogen) atoms. The average molecular weight is 323 g/mol. The van der Waals surface area contributed by atoms with E-state index < -0.39 is 0 Å². The summed E-state index contributed by atoms with van der Waals surface area (Å²) in [6, 6.07) is 7.65. The lowest BCUT2D eigenvalue weighted by Crippen LogP contribution is -2.33. The molecule has 1 atom stereocenters. The Morgan fingerprint density at radius 1 is 1.21 bits per heavy atom. The summed E-state index contributed by atoms with van der Waals surface area (Å²) in [5.74, 6) is 0.627. The van der Waals surface area contributed by atoms with Crippen LogP contribution in [0.1, 0.15) is 17.7 Å². The van der Waals surface area contributed by atoms with Crippen LogP contribution in [0.4, 0.5) is 11.5 Å². The highest BCUT2D eigenvalue weighted by atomic mass is 16.5. The Morgan fingerprint density at radius 2 is 2.00 bits per heavy atom. The molecule has 1 aliphatic rings. The predicted molar refractivity (Wildman–Crippen MR) is 89.9 cm³/mol. The number of benzene rings is 1. The van der Waals surface area contributed by atoms with Crippen LogP contribution in [0.2, 0.25) is 0 Å². The highest BCUT2D eigenvalue weighted by Gasteiger charge is 2.33. The van der Waals surface area contributed by atoms with E-state index in [0.29, 0.717) is 30.2 Å². The lowest BCUT2D eigenvalue weighted by molar-refractivity contribution is -0.117. The summed E-state index contributed by atoms with van der Waals surface area (Å²) in [5, 5.41) is 7.86. The summed E-state index contributed by atoms with van der Waals surface area (Å²) in [7, 11) is 0. The number of aromatic nitrogens is 3. The molecule has 1 aromatic carbocycles. The van der Waals surface area contributed by atoms with E-state index in [-0.39, 0.29) is 11.9 Å². The summed E-state index contributed by atoms with van der Waals surface area (Å²) >= 11 is 0. The minimum Gasteiger partial charge on any atom is -0.358 e. The quantitative estimate of drug-likeness (QED) is 0.797. The smallest absolute Gasteiger partial charge is 0.263 e. The zero-order chi connectivity index (χ0) is 16.7. The van der Waals surface area contributed by atoms with E-state index in [0.717, 1.165) is 11.1 Å². The van der Waals surface area contributed by atoms with E-state index >= 15 is 0 Å². The summed E-state index contributed by atoms with van der Waals surface area (Å²) in [5.41, 5.74) is 3.22. The van der Waals surface area contributed by atoms with E-state index in [2.05, 4.69) is 20.4 Å². The third kappa shape index (κ3) is 2.38. The second kappa shape index (κ2) is 5.59. The number of anilines is 2. The molecule has 0 bridgehead atoms. The number of aryl methyl sites for hydroxylation is 2. The molecule has 1 unspecified atom stereocenters. The first-order valence-corrected chi connectivity index (χ1v) is 7.85. The largest absolute Gasteiger partial charge is 0.358 e. The molecular formula is C17H17N5O2. The van der Waals surface area contributed by atoms with Crippen molar-refractivity contribution < 1.29 is 9.32 Å². The van der Waals surface area contributed by atoms with Crippen molar-refractivity contribution in [3.63, 3.8) is 0 Å². The number of amides is 1. The molecule has 2 aromatic heterocycles. The van der Waals surface area contributed by atoms with E-state index in [9.17, 15) is 4.79 Å². The van der Waals surface area contributed by atoms with Gasteiger partial charge in [0.1, 0.15) is 23.6 Å². The topological polar surface area (TPSA) is 84.2 Å². The maximum atomic E-state index is 12.7. The van der Waals surface area contributed by atoms with Crippen molar-refractivity contribution in [3.05, 3.63) is 41.9 Å². The molecule has 3 heterocycles. The fourth-order valence-electron chi connectivity index (χ4n) is 2.99. The number of hydrogen-bond donors (Lipinski definition) is 1. The van der Waals surface area contributed by atoms with Crippen molar-refractivity contribution in [2.24, 2.45) is 0 Å². The Bertz CT molecular complexity index is 903. The van der Waals surface area contributed by atoms with Crippen LogP contribution in [-0.4, -0.2) is 33.6 Å². The van der Waals surface area contributed by atoms with Gasteiger partial charge in [0.25, 0.3) is 5.71 Å². The van der Waals surface area contributed by atoms with Gasteiger partial charge in [0.05, 0.1) is 5.69 Å². The van der Waals surface area contributed by atoms with Gasteiger partial charge in [0.15, 0.2) is 0 Å². The first-order valence-electron chi connectivity index (χ1n) is 7.85. The second-order valence-corrected chi connectivity index (χ2v) is 5.98. The van der Waals surface area contributed by atoms with Gasteiger partial charge >= 0.3 is 0 Å². The first-order chi connectivity index (χ1) is 11.6. The maximum absolute atomic E-state index is 12.7. The number of nitrogens with zero attached hydrogens (tertiary/aromatic N) is 4. The molecule has 1 fully saturated rings. The van der Waals surface area contributed by atoms with Crippen LogP contribution in [0.15, 0.2) is 35.1 Å². The first kappa shape index (κ1) is 14.6. The molecule has 1 N–H and O–H groups in total. The minimum absolute atomic E-state index is 0.0414. The molecule has 1 aliphatic heterocycles. The highest BCUT2D eigenvalue weighted by molar-refractivity contribution is 6.02. The molecule has 7 heteroatoms. The molecule has 3 aromatic rings. The zero-order valence-corrected chi connectivity index (χ0v) is 13.5. The lowest BCUT2D eigenvalue weighted by atomic mass is 10.2. The molecule has 0 spiro atoms. The summed E-state index contributed by atoms with van der Waals surface area (Å²) in [6.45, 7) is 4.54. The third-order valence-electron chi connectivity index (χ3n) is 4.31. The fraction of sp³-hybridized carbons (Fsp3) is 0.294. The van der Waals surface area contributed by atoms with Crippen LogP contribution in [0, 0.1) is 13.8 Å². The Kier molecular flexibility index (Phi) is 3.41. The van der Waals surface area contributed by atoms with Gasteiger partial charge in [-0.25, -0.2) is 4.98 Å². The van der Waals surface area contributed by atoms with Gasteiger partial charge in [-0.05, 0) is 32.4 Å². The molecule has 122 valence electrons. The lowest BCUT2D eigenvalue weighted by Gasteiger charge is -2.17. The highest BCUT2D eigenvalue weighted by Crippen LogP contribution is 2.27. The van der Waals surface area contributed by atoms with Crippen LogP contribution in [0.3, 0.4) is 0 Å². The summed E-state index contributed by atoms with van der Waals surface area (Å²) < 4.78 is 5.15. The van der Waals surface area contributed by atoms with Crippen molar-refractivity contribution in [2.45, 2.75) is 26.3 Å². The Morgan fingerprint density at radius 3 is 2.79 bits per heavy atom. The Hall–Kier alpha value is -2.96. The van der Waals surface area contributed by atoms with E-state index in [1.165, 1.54) is 11.9 Å². The van der Waals surface area contributed by atoms with Crippen molar-refractivity contribution in [3.8, 4) is 0 Å². The molecule has 1 saturated heterocycles. The molecule has 4 rings (SSSR count). The SMILES string of the molecule is Cc1ccc(N2CCC(Nc3ncnc4onc(C)c34)C2=O)cc1. The van der Waals surface area contributed by atoms with Crippen molar-refractivity contribution in [2.75, 3.05) is 16.8 Å². The van der Waals surface area contributed by atoms with Gasteiger partial charge in [0, 0.05) is 12.2 Å². The van der Waals surface area contributed by atoms with Crippen LogP contribution < -0.4 is 10.2 Å². The zero-order valence-electron chi connectivity index (χ0n) is 13.5. The number of rotatable bonds is 3. The van der Waals surface area contributed by atoms with E-state index in [1.807, 2.05) is 38.1 Å². The van der Waals surface area contributed by atoms with Crippen molar-refractivity contribution >= 4 is 28.5 Å².